The Kier molecular flexibility index (Phi) is 3.47. The minimum atomic E-state index is -1.16. The van der Waals surface area contributed by atoms with E-state index in [4.69, 9.17) is 5.11 Å². The van der Waals surface area contributed by atoms with Crippen molar-refractivity contribution in [3.8, 4) is 0 Å². The van der Waals surface area contributed by atoms with E-state index in [0.29, 0.717) is 5.56 Å². The Labute approximate surface area is 102 Å². The van der Waals surface area contributed by atoms with E-state index in [9.17, 15) is 9.18 Å². The third-order valence-electron chi connectivity index (χ3n) is 2.27. The fraction of sp³-hybridized carbons (Fsp3) is 0.0833. The number of hydrogen-bond donors (Lipinski definition) is 2. The lowest BCUT2D eigenvalue weighted by Crippen LogP contribution is -2.07. The molecule has 1 heterocycles. The van der Waals surface area contributed by atoms with Crippen LogP contribution in [0.3, 0.4) is 0 Å². The second kappa shape index (κ2) is 5.22. The molecule has 0 unspecified atom stereocenters. The summed E-state index contributed by atoms with van der Waals surface area (Å²) in [5.74, 6) is -1.19. The number of nitrogens with zero attached hydrogens (tertiary/aromatic N) is 2. The number of rotatable bonds is 4. The molecule has 0 spiro atoms. The Bertz CT molecular complexity index is 575. The predicted octanol–water partition coefficient (Wildman–Crippen LogP) is 1.93. The summed E-state index contributed by atoms with van der Waals surface area (Å²) in [6.07, 6.45) is 2.53. The van der Waals surface area contributed by atoms with E-state index in [2.05, 4.69) is 15.3 Å². The van der Waals surface area contributed by atoms with Gasteiger partial charge < -0.3 is 10.4 Å². The third-order valence-corrected chi connectivity index (χ3v) is 2.27. The smallest absolute Gasteiger partial charge is 0.356 e. The van der Waals surface area contributed by atoms with Crippen LogP contribution < -0.4 is 5.32 Å². The zero-order chi connectivity index (χ0) is 13.0. The highest BCUT2D eigenvalue weighted by Crippen LogP contribution is 2.09. The lowest BCUT2D eigenvalue weighted by atomic mass is 10.2. The van der Waals surface area contributed by atoms with Gasteiger partial charge in [-0.3, -0.25) is 4.98 Å². The first-order chi connectivity index (χ1) is 8.66. The highest BCUT2D eigenvalue weighted by molar-refractivity contribution is 5.85. The molecule has 0 bridgehead atoms. The molecule has 18 heavy (non-hydrogen) atoms. The maximum absolute atomic E-state index is 13.3. The van der Waals surface area contributed by atoms with Crippen molar-refractivity contribution in [2.45, 2.75) is 6.54 Å². The number of hydrogen-bond acceptors (Lipinski definition) is 4. The highest BCUT2D eigenvalue weighted by atomic mass is 19.1. The monoisotopic (exact) mass is 247 g/mol. The van der Waals surface area contributed by atoms with Crippen LogP contribution in [0.4, 0.5) is 10.2 Å². The third kappa shape index (κ3) is 2.79. The van der Waals surface area contributed by atoms with Gasteiger partial charge in [-0.15, -0.1) is 0 Å². The number of halogens is 1. The average molecular weight is 247 g/mol. The van der Waals surface area contributed by atoms with Crippen LogP contribution in [-0.2, 0) is 6.54 Å². The van der Waals surface area contributed by atoms with E-state index >= 15 is 0 Å². The summed E-state index contributed by atoms with van der Waals surface area (Å²) >= 11 is 0. The predicted molar refractivity (Wildman–Crippen MR) is 62.7 cm³/mol. The molecule has 1 aromatic heterocycles. The summed E-state index contributed by atoms with van der Waals surface area (Å²) in [5.41, 5.74) is 0.313. The quantitative estimate of drug-likeness (QED) is 0.863. The molecule has 5 nitrogen and oxygen atoms in total. The summed E-state index contributed by atoms with van der Waals surface area (Å²) in [7, 11) is 0. The summed E-state index contributed by atoms with van der Waals surface area (Å²) in [5, 5.41) is 11.6. The van der Waals surface area contributed by atoms with Gasteiger partial charge in [-0.2, -0.15) is 0 Å². The molecule has 2 aromatic rings. The standard InChI is InChI=1S/C12H10FN3O2/c13-9-4-2-1-3-8(9)5-15-11-7-14-6-10(16-11)12(17)18/h1-4,6-7H,5H2,(H,15,16)(H,17,18). The summed E-state index contributed by atoms with van der Waals surface area (Å²) < 4.78 is 13.3. The van der Waals surface area contributed by atoms with Gasteiger partial charge in [0.15, 0.2) is 5.69 Å². The van der Waals surface area contributed by atoms with Gasteiger partial charge in [0.1, 0.15) is 11.6 Å². The second-order valence-electron chi connectivity index (χ2n) is 3.54. The van der Waals surface area contributed by atoms with Crippen molar-refractivity contribution in [2.24, 2.45) is 0 Å². The van der Waals surface area contributed by atoms with Crippen LogP contribution in [0, 0.1) is 5.82 Å². The van der Waals surface area contributed by atoms with Crippen molar-refractivity contribution in [1.29, 1.82) is 0 Å². The maximum Gasteiger partial charge on any atom is 0.356 e. The first kappa shape index (κ1) is 12.0. The van der Waals surface area contributed by atoms with Gasteiger partial charge in [-0.25, -0.2) is 14.2 Å². The Balaban J connectivity index is 2.09. The minimum absolute atomic E-state index is 0.159. The number of carboxylic acid groups (broad SMARTS) is 1. The van der Waals surface area contributed by atoms with E-state index in [1.54, 1.807) is 18.2 Å². The molecule has 0 saturated carbocycles. The number of aromatic carboxylic acids is 1. The second-order valence-corrected chi connectivity index (χ2v) is 3.54. The topological polar surface area (TPSA) is 75.1 Å². The molecule has 2 N–H and O–H groups in total. The van der Waals surface area contributed by atoms with Gasteiger partial charge in [0.25, 0.3) is 0 Å². The Morgan fingerprint density at radius 2 is 2.11 bits per heavy atom. The maximum atomic E-state index is 13.3. The summed E-state index contributed by atoms with van der Waals surface area (Å²) in [4.78, 5) is 18.3. The molecule has 1 aromatic carbocycles. The Hall–Kier alpha value is -2.50. The van der Waals surface area contributed by atoms with Gasteiger partial charge in [-0.05, 0) is 6.07 Å². The molecule has 0 atom stereocenters. The molecule has 0 amide bonds. The minimum Gasteiger partial charge on any atom is -0.476 e. The van der Waals surface area contributed by atoms with Crippen LogP contribution in [0.15, 0.2) is 36.7 Å². The van der Waals surface area contributed by atoms with Crippen molar-refractivity contribution >= 4 is 11.8 Å². The average Bonchev–Trinajstić information content (AvgIpc) is 2.38. The van der Waals surface area contributed by atoms with Crippen molar-refractivity contribution in [3.05, 3.63) is 53.7 Å². The molecule has 0 aliphatic carbocycles. The Morgan fingerprint density at radius 3 is 2.83 bits per heavy atom. The van der Waals surface area contributed by atoms with Crippen LogP contribution in [0.25, 0.3) is 0 Å². The van der Waals surface area contributed by atoms with Crippen LogP contribution in [0.1, 0.15) is 16.1 Å². The van der Waals surface area contributed by atoms with Crippen molar-refractivity contribution in [3.63, 3.8) is 0 Å². The molecule has 0 saturated heterocycles. The fourth-order valence-electron chi connectivity index (χ4n) is 1.38. The molecule has 92 valence electrons. The van der Waals surface area contributed by atoms with Gasteiger partial charge in [0.2, 0.25) is 0 Å². The summed E-state index contributed by atoms with van der Waals surface area (Å²) in [6, 6.07) is 6.32. The van der Waals surface area contributed by atoms with Crippen LogP contribution in [0.5, 0.6) is 0 Å². The molecule has 6 heteroatoms. The number of anilines is 1. The largest absolute Gasteiger partial charge is 0.476 e. The van der Waals surface area contributed by atoms with E-state index in [0.717, 1.165) is 6.20 Å². The number of carbonyl (C=O) groups is 1. The zero-order valence-electron chi connectivity index (χ0n) is 9.30. The van der Waals surface area contributed by atoms with Gasteiger partial charge in [-0.1, -0.05) is 18.2 Å². The number of benzene rings is 1. The molecular weight excluding hydrogens is 237 g/mol. The summed E-state index contributed by atoms with van der Waals surface area (Å²) in [6.45, 7) is 0.213. The first-order valence-corrected chi connectivity index (χ1v) is 5.19. The number of aromatic nitrogens is 2. The van der Waals surface area contributed by atoms with Crippen molar-refractivity contribution in [1.82, 2.24) is 9.97 Å². The molecule has 0 aliphatic rings. The lowest BCUT2D eigenvalue weighted by Gasteiger charge is -2.06. The van der Waals surface area contributed by atoms with Crippen LogP contribution in [0.2, 0.25) is 0 Å². The fourth-order valence-corrected chi connectivity index (χ4v) is 1.38. The molecule has 2 rings (SSSR count). The Morgan fingerprint density at radius 1 is 1.33 bits per heavy atom. The zero-order valence-corrected chi connectivity index (χ0v) is 9.30. The van der Waals surface area contributed by atoms with E-state index in [-0.39, 0.29) is 23.9 Å². The van der Waals surface area contributed by atoms with E-state index < -0.39 is 5.97 Å². The first-order valence-electron chi connectivity index (χ1n) is 5.19. The van der Waals surface area contributed by atoms with Gasteiger partial charge in [0.05, 0.1) is 12.4 Å². The number of carboxylic acids is 1. The van der Waals surface area contributed by atoms with Gasteiger partial charge >= 0.3 is 5.97 Å². The molecule has 0 aliphatic heterocycles. The lowest BCUT2D eigenvalue weighted by molar-refractivity contribution is 0.0690. The van der Waals surface area contributed by atoms with Crippen molar-refractivity contribution in [2.75, 3.05) is 5.32 Å². The van der Waals surface area contributed by atoms with Gasteiger partial charge in [0, 0.05) is 12.1 Å². The molecule has 0 fully saturated rings. The normalized spacial score (nSPS) is 10.1. The molecular formula is C12H10FN3O2. The van der Waals surface area contributed by atoms with Crippen LogP contribution in [-0.4, -0.2) is 21.0 Å². The SMILES string of the molecule is O=C(O)c1cncc(NCc2ccccc2F)n1. The molecule has 0 radical (unpaired) electrons. The number of nitrogens with one attached hydrogen (secondary N) is 1. The van der Waals surface area contributed by atoms with Crippen LogP contribution >= 0.6 is 0 Å². The highest BCUT2D eigenvalue weighted by Gasteiger charge is 2.06. The van der Waals surface area contributed by atoms with E-state index in [1.807, 2.05) is 0 Å². The van der Waals surface area contributed by atoms with Crippen molar-refractivity contribution < 1.29 is 14.3 Å². The van der Waals surface area contributed by atoms with E-state index in [1.165, 1.54) is 12.3 Å².